The Hall–Kier alpha value is -1.69. The van der Waals surface area contributed by atoms with Crippen molar-refractivity contribution in [1.29, 1.82) is 0 Å². The number of benzene rings is 1. The fraction of sp³-hybridized carbons (Fsp3) is 0.364. The van der Waals surface area contributed by atoms with E-state index in [0.29, 0.717) is 22.4 Å². The van der Waals surface area contributed by atoms with E-state index in [1.165, 1.54) is 6.07 Å². The van der Waals surface area contributed by atoms with Gasteiger partial charge in [-0.2, -0.15) is 0 Å². The lowest BCUT2D eigenvalue weighted by molar-refractivity contribution is -0.385. The van der Waals surface area contributed by atoms with Crippen LogP contribution in [0, 0.1) is 17.0 Å². The average molecular weight is 251 g/mol. The third kappa shape index (κ3) is 3.13. The molecule has 0 amide bonds. The first kappa shape index (κ1) is 11.8. The minimum atomic E-state index is -0.391. The van der Waals surface area contributed by atoms with Crippen LogP contribution in [0.25, 0.3) is 0 Å². The number of thiocarbonyl (C=S) groups is 1. The molecule has 0 radical (unpaired) electrons. The molecule has 0 aromatic heterocycles. The molecule has 5 nitrogen and oxygen atoms in total. The summed E-state index contributed by atoms with van der Waals surface area (Å²) in [5.41, 5.74) is 1.38. The van der Waals surface area contributed by atoms with E-state index in [0.717, 1.165) is 12.8 Å². The predicted octanol–water partition coefficient (Wildman–Crippen LogP) is 2.35. The van der Waals surface area contributed by atoms with E-state index < -0.39 is 4.92 Å². The van der Waals surface area contributed by atoms with Crippen molar-refractivity contribution in [3.8, 4) is 0 Å². The van der Waals surface area contributed by atoms with Crippen LogP contribution in [0.3, 0.4) is 0 Å². The Bertz CT molecular complexity index is 472. The van der Waals surface area contributed by atoms with Crippen LogP contribution in [0.15, 0.2) is 18.2 Å². The van der Waals surface area contributed by atoms with Gasteiger partial charge in [0.05, 0.1) is 4.92 Å². The number of anilines is 1. The minimum absolute atomic E-state index is 0.101. The maximum atomic E-state index is 10.8. The Kier molecular flexibility index (Phi) is 3.23. The highest BCUT2D eigenvalue weighted by Gasteiger charge is 2.22. The molecule has 0 bridgehead atoms. The Balaban J connectivity index is 2.07. The average Bonchev–Trinajstić information content (AvgIpc) is 3.04. The first-order chi connectivity index (χ1) is 8.06. The zero-order valence-corrected chi connectivity index (χ0v) is 10.2. The van der Waals surface area contributed by atoms with Crippen molar-refractivity contribution < 1.29 is 4.92 Å². The van der Waals surface area contributed by atoms with Gasteiger partial charge in [-0.25, -0.2) is 0 Å². The van der Waals surface area contributed by atoms with Crippen molar-refractivity contribution in [2.45, 2.75) is 25.8 Å². The molecule has 6 heteroatoms. The molecular weight excluding hydrogens is 238 g/mol. The number of hydrogen-bond donors (Lipinski definition) is 2. The third-order valence-electron chi connectivity index (χ3n) is 2.58. The van der Waals surface area contributed by atoms with E-state index in [-0.39, 0.29) is 5.69 Å². The number of aryl methyl sites for hydroxylation is 1. The zero-order valence-electron chi connectivity index (χ0n) is 9.40. The number of nitro groups is 1. The molecule has 2 rings (SSSR count). The standard InChI is InChI=1S/C11H13N3O2S/c1-7-2-3-9(6-10(7)14(15)16)13-11(17)12-8-4-5-8/h2-3,6,8H,4-5H2,1H3,(H2,12,13,17). The van der Waals surface area contributed by atoms with Gasteiger partial charge in [0.2, 0.25) is 0 Å². The fourth-order valence-corrected chi connectivity index (χ4v) is 1.75. The molecule has 1 aliphatic carbocycles. The van der Waals surface area contributed by atoms with E-state index in [9.17, 15) is 10.1 Å². The van der Waals surface area contributed by atoms with E-state index in [4.69, 9.17) is 12.2 Å². The molecule has 0 aliphatic heterocycles. The molecule has 1 aromatic carbocycles. The maximum Gasteiger partial charge on any atom is 0.274 e. The van der Waals surface area contributed by atoms with Crippen molar-refractivity contribution >= 4 is 28.7 Å². The zero-order chi connectivity index (χ0) is 12.4. The summed E-state index contributed by atoms with van der Waals surface area (Å²) in [6.07, 6.45) is 2.27. The molecule has 0 atom stereocenters. The Morgan fingerprint density at radius 2 is 2.24 bits per heavy atom. The number of hydrogen-bond acceptors (Lipinski definition) is 3. The number of nitro benzene ring substituents is 1. The number of nitrogens with one attached hydrogen (secondary N) is 2. The van der Waals surface area contributed by atoms with Gasteiger partial charge in [-0.3, -0.25) is 10.1 Å². The van der Waals surface area contributed by atoms with Gasteiger partial charge in [0.1, 0.15) is 0 Å². The monoisotopic (exact) mass is 251 g/mol. The largest absolute Gasteiger partial charge is 0.360 e. The molecule has 1 aromatic rings. The molecule has 0 heterocycles. The van der Waals surface area contributed by atoms with Gasteiger partial charge in [0.25, 0.3) is 5.69 Å². The molecule has 1 saturated carbocycles. The van der Waals surface area contributed by atoms with Crippen LogP contribution in [0.5, 0.6) is 0 Å². The van der Waals surface area contributed by atoms with E-state index in [2.05, 4.69) is 10.6 Å². The highest BCUT2D eigenvalue weighted by Crippen LogP contribution is 2.23. The summed E-state index contributed by atoms with van der Waals surface area (Å²) in [5.74, 6) is 0. The summed E-state index contributed by atoms with van der Waals surface area (Å²) in [5, 5.41) is 17.4. The Morgan fingerprint density at radius 3 is 2.82 bits per heavy atom. The second-order valence-electron chi connectivity index (χ2n) is 4.13. The van der Waals surface area contributed by atoms with Crippen LogP contribution in [0.2, 0.25) is 0 Å². The van der Waals surface area contributed by atoms with Crippen LogP contribution in [0.4, 0.5) is 11.4 Å². The summed E-state index contributed by atoms with van der Waals surface area (Å²) in [7, 11) is 0. The number of rotatable bonds is 3. The summed E-state index contributed by atoms with van der Waals surface area (Å²) >= 11 is 5.10. The highest BCUT2D eigenvalue weighted by atomic mass is 32.1. The smallest absolute Gasteiger partial charge is 0.274 e. The van der Waals surface area contributed by atoms with Gasteiger partial charge in [-0.1, -0.05) is 6.07 Å². The van der Waals surface area contributed by atoms with Gasteiger partial charge in [-0.05, 0) is 38.0 Å². The SMILES string of the molecule is Cc1ccc(NC(=S)NC2CC2)cc1[N+](=O)[O-]. The van der Waals surface area contributed by atoms with Crippen molar-refractivity contribution in [2.75, 3.05) is 5.32 Å². The van der Waals surface area contributed by atoms with E-state index >= 15 is 0 Å². The van der Waals surface area contributed by atoms with Gasteiger partial charge in [-0.15, -0.1) is 0 Å². The van der Waals surface area contributed by atoms with Crippen LogP contribution in [-0.2, 0) is 0 Å². The van der Waals surface area contributed by atoms with Crippen molar-refractivity contribution in [1.82, 2.24) is 5.32 Å². The van der Waals surface area contributed by atoms with Crippen molar-refractivity contribution in [3.05, 3.63) is 33.9 Å². The topological polar surface area (TPSA) is 67.2 Å². The van der Waals surface area contributed by atoms with Crippen LogP contribution in [-0.4, -0.2) is 16.1 Å². The molecule has 17 heavy (non-hydrogen) atoms. The normalized spacial score (nSPS) is 14.2. The second kappa shape index (κ2) is 4.67. The lowest BCUT2D eigenvalue weighted by Gasteiger charge is -2.09. The lowest BCUT2D eigenvalue weighted by Crippen LogP contribution is -2.30. The van der Waals surface area contributed by atoms with Gasteiger partial charge >= 0.3 is 0 Å². The number of nitrogens with zero attached hydrogens (tertiary/aromatic N) is 1. The van der Waals surface area contributed by atoms with E-state index in [1.54, 1.807) is 19.1 Å². The fourth-order valence-electron chi connectivity index (χ4n) is 1.46. The van der Waals surface area contributed by atoms with Crippen LogP contribution in [0.1, 0.15) is 18.4 Å². The van der Waals surface area contributed by atoms with Gasteiger partial charge < -0.3 is 10.6 Å². The first-order valence-corrected chi connectivity index (χ1v) is 5.79. The quantitative estimate of drug-likeness (QED) is 0.490. The van der Waals surface area contributed by atoms with E-state index in [1.807, 2.05) is 0 Å². The predicted molar refractivity (Wildman–Crippen MR) is 70.2 cm³/mol. The highest BCUT2D eigenvalue weighted by molar-refractivity contribution is 7.80. The molecule has 2 N–H and O–H groups in total. The van der Waals surface area contributed by atoms with Crippen molar-refractivity contribution in [3.63, 3.8) is 0 Å². The molecule has 1 fully saturated rings. The van der Waals surface area contributed by atoms with Crippen LogP contribution < -0.4 is 10.6 Å². The second-order valence-corrected chi connectivity index (χ2v) is 4.54. The Labute approximate surface area is 104 Å². The minimum Gasteiger partial charge on any atom is -0.360 e. The maximum absolute atomic E-state index is 10.8. The summed E-state index contributed by atoms with van der Waals surface area (Å²) < 4.78 is 0. The molecule has 0 spiro atoms. The summed E-state index contributed by atoms with van der Waals surface area (Å²) in [6.45, 7) is 1.71. The van der Waals surface area contributed by atoms with Gasteiger partial charge in [0, 0.05) is 23.4 Å². The molecule has 90 valence electrons. The summed E-state index contributed by atoms with van der Waals surface area (Å²) in [4.78, 5) is 10.4. The third-order valence-corrected chi connectivity index (χ3v) is 2.80. The molecular formula is C11H13N3O2S. The van der Waals surface area contributed by atoms with Gasteiger partial charge in [0.15, 0.2) is 5.11 Å². The van der Waals surface area contributed by atoms with Crippen molar-refractivity contribution in [2.24, 2.45) is 0 Å². The Morgan fingerprint density at radius 1 is 1.53 bits per heavy atom. The first-order valence-electron chi connectivity index (χ1n) is 5.39. The molecule has 1 aliphatic rings. The molecule has 0 saturated heterocycles. The summed E-state index contributed by atoms with van der Waals surface area (Å²) in [6, 6.07) is 5.45. The molecule has 0 unspecified atom stereocenters. The van der Waals surface area contributed by atoms with Crippen LogP contribution >= 0.6 is 12.2 Å². The lowest BCUT2D eigenvalue weighted by atomic mass is 10.2.